The number of hydrogen-bond donors (Lipinski definition) is 1. The van der Waals surface area contributed by atoms with Crippen LogP contribution in [0.4, 0.5) is 0 Å². The Morgan fingerprint density at radius 3 is 2.62 bits per heavy atom. The zero-order valence-electron chi connectivity index (χ0n) is 15.4. The maximum atomic E-state index is 9.60. The van der Waals surface area contributed by atoms with E-state index in [0.29, 0.717) is 17.8 Å². The summed E-state index contributed by atoms with van der Waals surface area (Å²) in [6.45, 7) is 2.80. The van der Waals surface area contributed by atoms with Gasteiger partial charge in [-0.05, 0) is 66.6 Å². The molecule has 1 atom stereocenters. The van der Waals surface area contributed by atoms with Gasteiger partial charge in [0.05, 0.1) is 7.11 Å². The second-order valence-corrected chi connectivity index (χ2v) is 7.28. The number of phenols is 1. The number of aromatic hydroxyl groups is 1. The molecule has 1 unspecified atom stereocenters. The Kier molecular flexibility index (Phi) is 5.14. The van der Waals surface area contributed by atoms with Crippen LogP contribution in [0.2, 0.25) is 0 Å². The predicted octanol–water partition coefficient (Wildman–Crippen LogP) is 3.72. The van der Waals surface area contributed by atoms with Crippen LogP contribution in [0.25, 0.3) is 0 Å². The van der Waals surface area contributed by atoms with Crippen LogP contribution in [0.3, 0.4) is 0 Å². The molecule has 1 saturated heterocycles. The number of nitrogens with zero attached hydrogens (tertiary/aromatic N) is 1. The minimum Gasteiger partial charge on any atom is -0.508 e. The molecule has 0 radical (unpaired) electrons. The van der Waals surface area contributed by atoms with Crippen LogP contribution in [0.15, 0.2) is 42.5 Å². The lowest BCUT2D eigenvalue weighted by molar-refractivity contribution is 0.0129. The van der Waals surface area contributed by atoms with Crippen LogP contribution in [0, 0.1) is 0 Å². The van der Waals surface area contributed by atoms with Gasteiger partial charge in [0.15, 0.2) is 0 Å². The molecule has 0 aromatic heterocycles. The molecule has 0 spiro atoms. The third-order valence-corrected chi connectivity index (χ3v) is 5.77. The van der Waals surface area contributed by atoms with Crippen molar-refractivity contribution < 1.29 is 14.6 Å². The van der Waals surface area contributed by atoms with Crippen molar-refractivity contribution in [1.29, 1.82) is 0 Å². The Morgan fingerprint density at radius 1 is 1.12 bits per heavy atom. The van der Waals surface area contributed by atoms with E-state index in [1.54, 1.807) is 19.2 Å². The van der Waals surface area contributed by atoms with Crippen LogP contribution in [-0.2, 0) is 17.6 Å². The molecule has 0 amide bonds. The number of benzene rings is 2. The highest BCUT2D eigenvalue weighted by Gasteiger charge is 2.33. The first-order chi connectivity index (χ1) is 12.7. The average Bonchev–Trinajstić information content (AvgIpc) is 2.70. The smallest absolute Gasteiger partial charge is 0.119 e. The number of phenolic OH excluding ortho intramolecular Hbond substituents is 1. The Morgan fingerprint density at radius 2 is 1.88 bits per heavy atom. The van der Waals surface area contributed by atoms with E-state index < -0.39 is 0 Å². The van der Waals surface area contributed by atoms with Crippen molar-refractivity contribution in [3.8, 4) is 11.5 Å². The zero-order valence-corrected chi connectivity index (χ0v) is 15.4. The molecular weight excluding hydrogens is 326 g/mol. The van der Waals surface area contributed by atoms with E-state index in [1.165, 1.54) is 16.7 Å². The number of hydrogen-bond acceptors (Lipinski definition) is 4. The summed E-state index contributed by atoms with van der Waals surface area (Å²) in [5.74, 6) is 1.26. The summed E-state index contributed by atoms with van der Waals surface area (Å²) in [6, 6.07) is 15.1. The van der Waals surface area contributed by atoms with Gasteiger partial charge in [-0.3, -0.25) is 4.90 Å². The summed E-state index contributed by atoms with van der Waals surface area (Å²) in [4.78, 5) is 2.68. The van der Waals surface area contributed by atoms with Crippen molar-refractivity contribution in [3.05, 3.63) is 59.2 Å². The normalized spacial score (nSPS) is 21.3. The Balaban J connectivity index is 1.66. The highest BCUT2D eigenvalue weighted by molar-refractivity contribution is 5.40. The molecule has 4 nitrogen and oxygen atoms in total. The first-order valence-corrected chi connectivity index (χ1v) is 9.53. The molecule has 2 aliphatic rings. The maximum absolute atomic E-state index is 9.60. The van der Waals surface area contributed by atoms with Crippen molar-refractivity contribution in [2.45, 2.75) is 37.8 Å². The van der Waals surface area contributed by atoms with E-state index in [2.05, 4.69) is 23.1 Å². The van der Waals surface area contributed by atoms with Gasteiger partial charge in [0.25, 0.3) is 0 Å². The third kappa shape index (κ3) is 3.57. The fourth-order valence-corrected chi connectivity index (χ4v) is 4.37. The summed E-state index contributed by atoms with van der Waals surface area (Å²) in [6.07, 6.45) is 4.24. The van der Waals surface area contributed by atoms with E-state index in [9.17, 15) is 5.11 Å². The van der Waals surface area contributed by atoms with Gasteiger partial charge in [-0.15, -0.1) is 0 Å². The van der Waals surface area contributed by atoms with Gasteiger partial charge in [-0.25, -0.2) is 0 Å². The summed E-state index contributed by atoms with van der Waals surface area (Å²) in [7, 11) is 1.73. The lowest BCUT2D eigenvalue weighted by Crippen LogP contribution is -2.46. The van der Waals surface area contributed by atoms with Gasteiger partial charge in [0.1, 0.15) is 11.5 Å². The van der Waals surface area contributed by atoms with Crippen LogP contribution in [-0.4, -0.2) is 42.9 Å². The highest BCUT2D eigenvalue weighted by atomic mass is 16.5. The molecule has 2 aromatic carbocycles. The van der Waals surface area contributed by atoms with Crippen LogP contribution in [0.5, 0.6) is 11.5 Å². The molecule has 1 fully saturated rings. The Bertz CT molecular complexity index is 738. The molecule has 4 rings (SSSR count). The first-order valence-electron chi connectivity index (χ1n) is 9.53. The molecule has 4 heteroatoms. The van der Waals surface area contributed by atoms with E-state index in [4.69, 9.17) is 9.47 Å². The van der Waals surface area contributed by atoms with Crippen LogP contribution >= 0.6 is 0 Å². The van der Waals surface area contributed by atoms with Crippen LogP contribution in [0.1, 0.15) is 35.6 Å². The molecule has 138 valence electrons. The fourth-order valence-electron chi connectivity index (χ4n) is 4.37. The zero-order chi connectivity index (χ0) is 17.9. The second kappa shape index (κ2) is 7.68. The predicted molar refractivity (Wildman–Crippen MR) is 102 cm³/mol. The van der Waals surface area contributed by atoms with E-state index in [0.717, 1.165) is 51.2 Å². The number of fused-ring (bicyclic) bond motifs is 1. The molecule has 26 heavy (non-hydrogen) atoms. The third-order valence-electron chi connectivity index (χ3n) is 5.77. The fraction of sp³-hybridized carbons (Fsp3) is 0.455. The van der Waals surface area contributed by atoms with Gasteiger partial charge in [0.2, 0.25) is 0 Å². The lowest BCUT2D eigenvalue weighted by atomic mass is 9.86. The molecule has 0 bridgehead atoms. The summed E-state index contributed by atoms with van der Waals surface area (Å²) in [5.41, 5.74) is 4.07. The molecule has 1 N–H and O–H groups in total. The van der Waals surface area contributed by atoms with E-state index >= 15 is 0 Å². The van der Waals surface area contributed by atoms with Gasteiger partial charge >= 0.3 is 0 Å². The van der Waals surface area contributed by atoms with Crippen molar-refractivity contribution in [2.75, 3.05) is 26.9 Å². The second-order valence-electron chi connectivity index (χ2n) is 7.28. The molecule has 0 saturated carbocycles. The van der Waals surface area contributed by atoms with Gasteiger partial charge in [-0.2, -0.15) is 0 Å². The van der Waals surface area contributed by atoms with Crippen molar-refractivity contribution in [1.82, 2.24) is 4.90 Å². The molecule has 2 heterocycles. The SMILES string of the molecule is COc1ccc2c(c1)CCN(C1CCOCC1)C2Cc1ccc(O)cc1. The minimum absolute atomic E-state index is 0.323. The maximum Gasteiger partial charge on any atom is 0.119 e. The average molecular weight is 353 g/mol. The molecule has 2 aromatic rings. The van der Waals surface area contributed by atoms with Crippen LogP contribution < -0.4 is 4.74 Å². The quantitative estimate of drug-likeness (QED) is 0.910. The monoisotopic (exact) mass is 353 g/mol. The summed E-state index contributed by atoms with van der Waals surface area (Å²) < 4.78 is 11.0. The van der Waals surface area contributed by atoms with Crippen molar-refractivity contribution >= 4 is 0 Å². The van der Waals surface area contributed by atoms with Gasteiger partial charge in [-0.1, -0.05) is 18.2 Å². The minimum atomic E-state index is 0.323. The molecule has 2 aliphatic heterocycles. The topological polar surface area (TPSA) is 41.9 Å². The first kappa shape index (κ1) is 17.4. The lowest BCUT2D eigenvalue weighted by Gasteiger charge is -2.44. The van der Waals surface area contributed by atoms with Crippen molar-refractivity contribution in [3.63, 3.8) is 0 Å². The largest absolute Gasteiger partial charge is 0.508 e. The summed E-state index contributed by atoms with van der Waals surface area (Å²) in [5, 5.41) is 9.60. The van der Waals surface area contributed by atoms with Gasteiger partial charge in [0, 0.05) is 31.8 Å². The summed E-state index contributed by atoms with van der Waals surface area (Å²) >= 11 is 0. The number of methoxy groups -OCH3 is 1. The standard InChI is InChI=1S/C22H27NO3/c1-25-20-6-7-21-17(15-20)8-11-23(18-9-12-26-13-10-18)22(21)14-16-2-4-19(24)5-3-16/h2-7,15,18,22,24H,8-14H2,1H3. The molecule has 0 aliphatic carbocycles. The van der Waals surface area contributed by atoms with Gasteiger partial charge < -0.3 is 14.6 Å². The van der Waals surface area contributed by atoms with Crippen molar-refractivity contribution in [2.24, 2.45) is 0 Å². The van der Waals surface area contributed by atoms with E-state index in [-0.39, 0.29) is 0 Å². The van der Waals surface area contributed by atoms with E-state index in [1.807, 2.05) is 12.1 Å². The highest BCUT2D eigenvalue weighted by Crippen LogP contribution is 2.37. The number of rotatable bonds is 4. The Hall–Kier alpha value is -2.04. The molecular formula is C22H27NO3. The number of ether oxygens (including phenoxy) is 2. The Labute approximate surface area is 155 Å².